The average molecular weight is 593 g/mol. The first-order valence-corrected chi connectivity index (χ1v) is 13.1. The number of benzene rings is 1. The number of hydrogen-bond acceptors (Lipinski definition) is 10. The van der Waals surface area contributed by atoms with Gasteiger partial charge in [0.2, 0.25) is 23.6 Å². The monoisotopic (exact) mass is 592 g/mol. The lowest BCUT2D eigenvalue weighted by Crippen LogP contribution is -2.54. The van der Waals surface area contributed by atoms with Crippen LogP contribution in [0.25, 0.3) is 6.08 Å². The number of hydroxylamine groups is 1. The van der Waals surface area contributed by atoms with Crippen molar-refractivity contribution in [2.45, 2.75) is 38.4 Å². The molecule has 0 aliphatic carbocycles. The van der Waals surface area contributed by atoms with Gasteiger partial charge in [-0.2, -0.15) is 0 Å². The van der Waals surface area contributed by atoms with Gasteiger partial charge in [0, 0.05) is 19.7 Å². The SMILES string of the molecule is CC/C=C/c1cc(C(C(=O)NCC(=O)NO)N(C)C(=O)CN(C)C(=O)[C@@H](C)NC(=O)[C@@H](CO)N(C)CC=O)ccc1O. The first-order valence-electron chi connectivity index (χ1n) is 13.1. The fourth-order valence-corrected chi connectivity index (χ4v) is 3.88. The highest BCUT2D eigenvalue weighted by Gasteiger charge is 2.32. The van der Waals surface area contributed by atoms with Crippen LogP contribution in [0.15, 0.2) is 24.3 Å². The second kappa shape index (κ2) is 17.5. The van der Waals surface area contributed by atoms with Gasteiger partial charge in [0.15, 0.2) is 0 Å². The van der Waals surface area contributed by atoms with Gasteiger partial charge in [-0.1, -0.05) is 25.1 Å². The number of rotatable bonds is 16. The number of carbonyl (C=O) groups is 6. The van der Waals surface area contributed by atoms with E-state index in [2.05, 4.69) is 10.6 Å². The summed E-state index contributed by atoms with van der Waals surface area (Å²) in [6.45, 7) is 1.51. The molecule has 0 spiro atoms. The first-order chi connectivity index (χ1) is 19.8. The summed E-state index contributed by atoms with van der Waals surface area (Å²) in [5, 5.41) is 33.3. The van der Waals surface area contributed by atoms with Gasteiger partial charge in [0.1, 0.15) is 30.2 Å². The number of hydrogen-bond donors (Lipinski definition) is 6. The third-order valence-electron chi connectivity index (χ3n) is 6.33. The van der Waals surface area contributed by atoms with Gasteiger partial charge in [-0.05, 0) is 38.1 Å². The van der Waals surface area contributed by atoms with Crippen molar-refractivity contribution in [3.8, 4) is 5.75 Å². The minimum atomic E-state index is -1.29. The minimum absolute atomic E-state index is 0.0570. The molecule has 232 valence electrons. The van der Waals surface area contributed by atoms with E-state index in [1.165, 1.54) is 56.6 Å². The maximum absolute atomic E-state index is 13.3. The molecule has 0 fully saturated rings. The summed E-state index contributed by atoms with van der Waals surface area (Å²) in [6.07, 6.45) is 4.68. The number of amides is 5. The molecule has 15 heteroatoms. The molecule has 0 radical (unpaired) electrons. The highest BCUT2D eigenvalue weighted by Crippen LogP contribution is 2.27. The van der Waals surface area contributed by atoms with Gasteiger partial charge >= 0.3 is 0 Å². The van der Waals surface area contributed by atoms with Crippen LogP contribution in [-0.2, 0) is 28.8 Å². The van der Waals surface area contributed by atoms with E-state index in [-0.39, 0.29) is 12.3 Å². The number of aromatic hydroxyl groups is 1. The number of nitrogens with one attached hydrogen (secondary N) is 3. The number of phenolic OH excluding ortho intramolecular Hbond substituents is 1. The number of aliphatic hydroxyl groups excluding tert-OH is 1. The second-order valence-electron chi connectivity index (χ2n) is 9.52. The molecule has 0 aliphatic heterocycles. The molecule has 42 heavy (non-hydrogen) atoms. The zero-order chi connectivity index (χ0) is 32.0. The fourth-order valence-electron chi connectivity index (χ4n) is 3.88. The van der Waals surface area contributed by atoms with Crippen LogP contribution in [0.4, 0.5) is 0 Å². The zero-order valence-corrected chi connectivity index (χ0v) is 24.4. The van der Waals surface area contributed by atoms with Gasteiger partial charge < -0.3 is 35.4 Å². The van der Waals surface area contributed by atoms with Crippen LogP contribution >= 0.6 is 0 Å². The van der Waals surface area contributed by atoms with Crippen molar-refractivity contribution in [1.29, 1.82) is 0 Å². The van der Waals surface area contributed by atoms with E-state index in [1.807, 2.05) is 6.92 Å². The van der Waals surface area contributed by atoms with E-state index in [0.717, 1.165) is 9.80 Å². The summed E-state index contributed by atoms with van der Waals surface area (Å²) in [7, 11) is 4.11. The molecule has 1 aromatic carbocycles. The Balaban J connectivity index is 3.15. The van der Waals surface area contributed by atoms with Crippen molar-refractivity contribution in [3.63, 3.8) is 0 Å². The molecule has 0 saturated heterocycles. The van der Waals surface area contributed by atoms with Crippen molar-refractivity contribution < 1.29 is 44.2 Å². The van der Waals surface area contributed by atoms with E-state index in [4.69, 9.17) is 5.21 Å². The normalized spacial score (nSPS) is 13.1. The van der Waals surface area contributed by atoms with E-state index < -0.39 is 67.4 Å². The van der Waals surface area contributed by atoms with Crippen LogP contribution in [-0.4, -0.2) is 125 Å². The Bertz CT molecular complexity index is 1160. The molecule has 6 N–H and O–H groups in total. The highest BCUT2D eigenvalue weighted by atomic mass is 16.5. The van der Waals surface area contributed by atoms with Crippen molar-refractivity contribution in [2.75, 3.05) is 47.4 Å². The highest BCUT2D eigenvalue weighted by molar-refractivity contribution is 5.94. The molecule has 5 amide bonds. The number of phenols is 1. The Morgan fingerprint density at radius 1 is 1.07 bits per heavy atom. The Morgan fingerprint density at radius 2 is 1.74 bits per heavy atom. The van der Waals surface area contributed by atoms with Gasteiger partial charge in [-0.15, -0.1) is 0 Å². The average Bonchev–Trinajstić information content (AvgIpc) is 2.95. The van der Waals surface area contributed by atoms with Crippen molar-refractivity contribution in [3.05, 3.63) is 35.4 Å². The lowest BCUT2D eigenvalue weighted by atomic mass is 10.0. The van der Waals surface area contributed by atoms with Crippen LogP contribution in [0.2, 0.25) is 0 Å². The molecule has 0 aliphatic rings. The van der Waals surface area contributed by atoms with Crippen LogP contribution in [0.5, 0.6) is 5.75 Å². The molecule has 1 rings (SSSR count). The van der Waals surface area contributed by atoms with E-state index >= 15 is 0 Å². The molecule has 1 unspecified atom stereocenters. The molecular weight excluding hydrogens is 552 g/mol. The quantitative estimate of drug-likeness (QED) is 0.0735. The lowest BCUT2D eigenvalue weighted by molar-refractivity contribution is -0.144. The van der Waals surface area contributed by atoms with Crippen LogP contribution in [0.1, 0.15) is 37.4 Å². The standard InChI is InChI=1S/C27H40N6O9/c1-6-7-8-18-13-19(9-10-21(18)36)24(26(40)28-14-22(37)30-42)33(5)23(38)15-32(4)27(41)17(2)29-25(39)20(16-35)31(3)11-12-34/h7-10,12-13,17,20,24,35-36,42H,6,11,14-16H2,1-5H3,(H,28,40)(H,29,39)(H,30,37)/b8-7+/t17-,20-,24?/m1/s1. The van der Waals surface area contributed by atoms with Gasteiger partial charge in [-0.3, -0.25) is 34.1 Å². The third kappa shape index (κ3) is 10.2. The molecule has 0 saturated carbocycles. The summed E-state index contributed by atoms with van der Waals surface area (Å²) < 4.78 is 0. The molecule has 15 nitrogen and oxygen atoms in total. The number of carbonyl (C=O) groups excluding carboxylic acids is 6. The van der Waals surface area contributed by atoms with Gasteiger partial charge in [0.05, 0.1) is 26.2 Å². The fraction of sp³-hybridized carbons (Fsp3) is 0.481. The Morgan fingerprint density at radius 3 is 2.31 bits per heavy atom. The Hall–Kier alpha value is -4.34. The molecular formula is C27H40N6O9. The van der Waals surface area contributed by atoms with Crippen LogP contribution in [0, 0.1) is 0 Å². The Kier molecular flexibility index (Phi) is 14.8. The predicted molar refractivity (Wildman–Crippen MR) is 151 cm³/mol. The molecule has 0 bridgehead atoms. The van der Waals surface area contributed by atoms with Gasteiger partial charge in [-0.25, -0.2) is 5.48 Å². The van der Waals surface area contributed by atoms with Crippen LogP contribution < -0.4 is 16.1 Å². The summed E-state index contributed by atoms with van der Waals surface area (Å²) in [4.78, 5) is 77.5. The summed E-state index contributed by atoms with van der Waals surface area (Å²) in [6, 6.07) is 0.837. The number of likely N-dealkylation sites (N-methyl/N-ethyl adjacent to an activating group) is 3. The Labute approximate surface area is 244 Å². The maximum atomic E-state index is 13.3. The van der Waals surface area contributed by atoms with Crippen molar-refractivity contribution >= 4 is 41.9 Å². The van der Waals surface area contributed by atoms with Crippen LogP contribution in [0.3, 0.4) is 0 Å². The topological polar surface area (TPSA) is 209 Å². The maximum Gasteiger partial charge on any atom is 0.262 e. The summed E-state index contributed by atoms with van der Waals surface area (Å²) in [5.74, 6) is -3.72. The van der Waals surface area contributed by atoms with Crippen molar-refractivity contribution in [2.24, 2.45) is 0 Å². The number of allylic oxidation sites excluding steroid dienone is 1. The van der Waals surface area contributed by atoms with Crippen molar-refractivity contribution in [1.82, 2.24) is 30.8 Å². The second-order valence-corrected chi connectivity index (χ2v) is 9.52. The molecule has 3 atom stereocenters. The largest absolute Gasteiger partial charge is 0.507 e. The lowest BCUT2D eigenvalue weighted by Gasteiger charge is -2.30. The van der Waals surface area contributed by atoms with Gasteiger partial charge in [0.25, 0.3) is 5.91 Å². The first kappa shape index (κ1) is 35.7. The summed E-state index contributed by atoms with van der Waals surface area (Å²) >= 11 is 0. The molecule has 0 heterocycles. The minimum Gasteiger partial charge on any atom is -0.507 e. The summed E-state index contributed by atoms with van der Waals surface area (Å²) in [5.41, 5.74) is 2.08. The van der Waals surface area contributed by atoms with E-state index in [1.54, 1.807) is 12.2 Å². The smallest absolute Gasteiger partial charge is 0.262 e. The number of aldehydes is 1. The zero-order valence-electron chi connectivity index (χ0n) is 24.4. The molecule has 1 aromatic rings. The predicted octanol–water partition coefficient (Wildman–Crippen LogP) is -1.61. The third-order valence-corrected chi connectivity index (χ3v) is 6.33. The number of aliphatic hydroxyl groups is 1. The van der Waals surface area contributed by atoms with E-state index in [0.29, 0.717) is 23.8 Å². The molecule has 0 aromatic heterocycles. The van der Waals surface area contributed by atoms with E-state index in [9.17, 15) is 39.0 Å². The number of nitrogens with zero attached hydrogens (tertiary/aromatic N) is 3.